The Labute approximate surface area is 117 Å². The zero-order valence-electron chi connectivity index (χ0n) is 11.1. The molecule has 1 nitrogen and oxygen atoms in total. The van der Waals surface area contributed by atoms with Gasteiger partial charge < -0.3 is 0 Å². The van der Waals surface area contributed by atoms with Gasteiger partial charge in [-0.15, -0.1) is 0 Å². The smallest absolute Gasteiger partial charge is 0.0450 e. The molecule has 0 N–H and O–H groups in total. The first-order valence-corrected chi connectivity index (χ1v) is 7.10. The van der Waals surface area contributed by atoms with Crippen molar-refractivity contribution in [2.45, 2.75) is 32.0 Å². The molecule has 1 unspecified atom stereocenters. The monoisotopic (exact) mass is 303 g/mol. The van der Waals surface area contributed by atoms with Gasteiger partial charge in [-0.05, 0) is 38.0 Å². The molecule has 0 aliphatic heterocycles. The maximum Gasteiger partial charge on any atom is 0.0450 e. The number of nitrogens with zero attached hydrogens (tertiary/aromatic N) is 1. The molecule has 1 aromatic carbocycles. The van der Waals surface area contributed by atoms with E-state index >= 15 is 0 Å². The Morgan fingerprint density at radius 3 is 2.22 bits per heavy atom. The fraction of sp³-hybridized carbons (Fsp3) is 0.312. The summed E-state index contributed by atoms with van der Waals surface area (Å²) in [5.74, 6) is 0. The van der Waals surface area contributed by atoms with Crippen LogP contribution in [0, 0.1) is 20.8 Å². The summed E-state index contributed by atoms with van der Waals surface area (Å²) in [5, 5.41) is 0. The minimum atomic E-state index is 0.325. The predicted octanol–water partition coefficient (Wildman–Crippen LogP) is 4.69. The highest BCUT2D eigenvalue weighted by molar-refractivity contribution is 9.09. The lowest BCUT2D eigenvalue weighted by atomic mass is 10.0. The summed E-state index contributed by atoms with van der Waals surface area (Å²) < 4.78 is 0. The van der Waals surface area contributed by atoms with Gasteiger partial charge in [-0.2, -0.15) is 0 Å². The average Bonchev–Trinajstić information content (AvgIpc) is 2.31. The molecular formula is C16H18BrN. The topological polar surface area (TPSA) is 12.9 Å². The predicted molar refractivity (Wildman–Crippen MR) is 80.3 cm³/mol. The molecule has 2 heteroatoms. The number of hydrogen-bond acceptors (Lipinski definition) is 1. The van der Waals surface area contributed by atoms with Crippen LogP contribution in [0.5, 0.6) is 0 Å². The van der Waals surface area contributed by atoms with E-state index in [-0.39, 0.29) is 0 Å². The first-order chi connectivity index (χ1) is 8.54. The second-order valence-electron chi connectivity index (χ2n) is 4.92. The number of pyridine rings is 1. The maximum absolute atomic E-state index is 4.46. The van der Waals surface area contributed by atoms with Crippen LogP contribution in [0.4, 0.5) is 0 Å². The van der Waals surface area contributed by atoms with Crippen molar-refractivity contribution in [2.75, 3.05) is 0 Å². The second-order valence-corrected chi connectivity index (χ2v) is 6.02. The van der Waals surface area contributed by atoms with E-state index in [0.717, 1.165) is 12.1 Å². The molecule has 0 spiro atoms. The van der Waals surface area contributed by atoms with Gasteiger partial charge >= 0.3 is 0 Å². The van der Waals surface area contributed by atoms with E-state index in [1.165, 1.54) is 22.3 Å². The van der Waals surface area contributed by atoms with Crippen molar-refractivity contribution in [3.05, 3.63) is 64.5 Å². The molecule has 0 fully saturated rings. The van der Waals surface area contributed by atoms with Crippen LogP contribution in [0.2, 0.25) is 0 Å². The lowest BCUT2D eigenvalue weighted by molar-refractivity contribution is 0.899. The number of benzene rings is 1. The van der Waals surface area contributed by atoms with E-state index in [1.54, 1.807) is 0 Å². The first kappa shape index (κ1) is 13.3. The van der Waals surface area contributed by atoms with Gasteiger partial charge in [0.15, 0.2) is 0 Å². The lowest BCUT2D eigenvalue weighted by Gasteiger charge is -2.12. The van der Waals surface area contributed by atoms with Gasteiger partial charge in [-0.25, -0.2) is 0 Å². The molecule has 0 bridgehead atoms. The Balaban J connectivity index is 2.16. The summed E-state index contributed by atoms with van der Waals surface area (Å²) in [4.78, 5) is 4.78. The molecular weight excluding hydrogens is 286 g/mol. The van der Waals surface area contributed by atoms with Crippen molar-refractivity contribution in [3.63, 3.8) is 0 Å². The van der Waals surface area contributed by atoms with Crippen LogP contribution in [-0.4, -0.2) is 4.98 Å². The fourth-order valence-corrected chi connectivity index (χ4v) is 2.71. The van der Waals surface area contributed by atoms with E-state index < -0.39 is 0 Å². The largest absolute Gasteiger partial charge is 0.261 e. The summed E-state index contributed by atoms with van der Waals surface area (Å²) in [5.41, 5.74) is 6.28. The Morgan fingerprint density at radius 2 is 1.67 bits per heavy atom. The Kier molecular flexibility index (Phi) is 4.18. The molecule has 1 atom stereocenters. The van der Waals surface area contributed by atoms with Crippen molar-refractivity contribution in [2.24, 2.45) is 0 Å². The SMILES string of the molecule is Cc1ccc(CC(Br)c2cc(C)cc(C)c2)nc1. The zero-order valence-corrected chi connectivity index (χ0v) is 12.7. The normalized spacial score (nSPS) is 12.4. The van der Waals surface area contributed by atoms with Crippen molar-refractivity contribution >= 4 is 15.9 Å². The third-order valence-electron chi connectivity index (χ3n) is 2.97. The zero-order chi connectivity index (χ0) is 13.1. The molecule has 0 saturated heterocycles. The minimum absolute atomic E-state index is 0.325. The molecule has 0 aliphatic carbocycles. The molecule has 1 heterocycles. The summed E-state index contributed by atoms with van der Waals surface area (Å²) in [6.07, 6.45) is 2.85. The third-order valence-corrected chi connectivity index (χ3v) is 3.82. The van der Waals surface area contributed by atoms with Crippen LogP contribution in [0.25, 0.3) is 0 Å². The molecule has 0 saturated carbocycles. The van der Waals surface area contributed by atoms with Gasteiger partial charge in [0.1, 0.15) is 0 Å². The maximum atomic E-state index is 4.46. The van der Waals surface area contributed by atoms with Crippen molar-refractivity contribution in [1.29, 1.82) is 0 Å². The Bertz CT molecular complexity index is 511. The van der Waals surface area contributed by atoms with E-state index in [4.69, 9.17) is 0 Å². The highest BCUT2D eigenvalue weighted by Crippen LogP contribution is 2.28. The number of aryl methyl sites for hydroxylation is 3. The molecule has 2 rings (SSSR count). The van der Waals surface area contributed by atoms with Gasteiger partial charge in [0.25, 0.3) is 0 Å². The van der Waals surface area contributed by atoms with Crippen molar-refractivity contribution in [3.8, 4) is 0 Å². The quantitative estimate of drug-likeness (QED) is 0.750. The number of hydrogen-bond donors (Lipinski definition) is 0. The molecule has 0 radical (unpaired) electrons. The van der Waals surface area contributed by atoms with E-state index in [1.807, 2.05) is 6.20 Å². The minimum Gasteiger partial charge on any atom is -0.261 e. The summed E-state index contributed by atoms with van der Waals surface area (Å²) in [7, 11) is 0. The van der Waals surface area contributed by atoms with Crippen LogP contribution in [0.1, 0.15) is 32.8 Å². The lowest BCUT2D eigenvalue weighted by Crippen LogP contribution is -1.99. The first-order valence-electron chi connectivity index (χ1n) is 6.18. The van der Waals surface area contributed by atoms with Gasteiger partial charge in [0.2, 0.25) is 0 Å². The fourth-order valence-electron chi connectivity index (χ4n) is 2.11. The summed E-state index contributed by atoms with van der Waals surface area (Å²) >= 11 is 3.77. The van der Waals surface area contributed by atoms with Crippen LogP contribution in [0.3, 0.4) is 0 Å². The number of aromatic nitrogens is 1. The highest BCUT2D eigenvalue weighted by atomic mass is 79.9. The van der Waals surface area contributed by atoms with E-state index in [0.29, 0.717) is 4.83 Å². The van der Waals surface area contributed by atoms with Crippen molar-refractivity contribution < 1.29 is 0 Å². The molecule has 0 amide bonds. The second kappa shape index (κ2) is 5.66. The number of rotatable bonds is 3. The average molecular weight is 304 g/mol. The van der Waals surface area contributed by atoms with Gasteiger partial charge in [-0.3, -0.25) is 4.98 Å². The molecule has 0 aliphatic rings. The number of halogens is 1. The highest BCUT2D eigenvalue weighted by Gasteiger charge is 2.10. The van der Waals surface area contributed by atoms with Gasteiger partial charge in [0.05, 0.1) is 0 Å². The van der Waals surface area contributed by atoms with Crippen LogP contribution in [0.15, 0.2) is 36.5 Å². The van der Waals surface area contributed by atoms with E-state index in [9.17, 15) is 0 Å². The number of alkyl halides is 1. The Morgan fingerprint density at radius 1 is 1.00 bits per heavy atom. The van der Waals surface area contributed by atoms with Crippen LogP contribution < -0.4 is 0 Å². The van der Waals surface area contributed by atoms with Gasteiger partial charge in [-0.1, -0.05) is 51.3 Å². The molecule has 18 heavy (non-hydrogen) atoms. The Hall–Kier alpha value is -1.15. The molecule has 2 aromatic rings. The van der Waals surface area contributed by atoms with Gasteiger partial charge in [0, 0.05) is 23.1 Å². The summed E-state index contributed by atoms with van der Waals surface area (Å²) in [6.45, 7) is 6.34. The van der Waals surface area contributed by atoms with Crippen molar-refractivity contribution in [1.82, 2.24) is 4.98 Å². The van der Waals surface area contributed by atoms with Crippen LogP contribution >= 0.6 is 15.9 Å². The standard InChI is InChI=1S/C16H18BrN/c1-11-4-5-15(18-10-11)9-16(17)14-7-12(2)6-13(3)8-14/h4-8,10,16H,9H2,1-3H3. The third kappa shape index (κ3) is 3.42. The molecule has 1 aromatic heterocycles. The van der Waals surface area contributed by atoms with E-state index in [2.05, 4.69) is 72.0 Å². The molecule has 94 valence electrons. The van der Waals surface area contributed by atoms with Crippen LogP contribution in [-0.2, 0) is 6.42 Å². The summed E-state index contributed by atoms with van der Waals surface area (Å²) in [6, 6.07) is 10.9.